The van der Waals surface area contributed by atoms with E-state index in [-0.39, 0.29) is 0 Å². The fraction of sp³-hybridized carbons (Fsp3) is 0. The van der Waals surface area contributed by atoms with Gasteiger partial charge in [0.05, 0.1) is 0 Å². The molecule has 0 unspecified atom stereocenters. The fourth-order valence-electron chi connectivity index (χ4n) is 3.54. The van der Waals surface area contributed by atoms with Crippen molar-refractivity contribution in [2.24, 2.45) is 0 Å². The third-order valence-corrected chi connectivity index (χ3v) is 5.21. The number of aromatic amines is 2. The van der Waals surface area contributed by atoms with Crippen LogP contribution >= 0.6 is 0 Å². The lowest BCUT2D eigenvalue weighted by atomic mass is 10.1. The molecule has 0 radical (unpaired) electrons. The van der Waals surface area contributed by atoms with Crippen molar-refractivity contribution in [2.45, 2.75) is 0 Å². The maximum Gasteiger partial charge on any atom is 0.211 e. The summed E-state index contributed by atoms with van der Waals surface area (Å²) in [7, 11) is 0. The van der Waals surface area contributed by atoms with Crippen molar-refractivity contribution in [1.29, 1.82) is 0 Å². The molecule has 0 aliphatic heterocycles. The van der Waals surface area contributed by atoms with Gasteiger partial charge in [-0.05, 0) is 22.3 Å². The second-order valence-electron chi connectivity index (χ2n) is 7.08. The SMILES string of the molecule is c1cc(-c2cc[n+](-c3ccc(-[n+]4ccc(-c5cc[nH+]cc5)cc4)cc3)cc2)cc[nH+]1. The Morgan fingerprint density at radius 3 is 1.00 bits per heavy atom. The number of pyridine rings is 4. The number of rotatable bonds is 4. The van der Waals surface area contributed by atoms with Gasteiger partial charge < -0.3 is 0 Å². The van der Waals surface area contributed by atoms with Crippen LogP contribution in [0, 0.1) is 0 Å². The molecule has 0 atom stereocenters. The van der Waals surface area contributed by atoms with E-state index < -0.39 is 0 Å². The van der Waals surface area contributed by atoms with Crippen LogP contribution in [-0.4, -0.2) is 0 Å². The molecular formula is C26H22N4+4. The minimum Gasteiger partial charge on any atom is -0.218 e. The lowest BCUT2D eigenvalue weighted by molar-refractivity contribution is -0.599. The molecule has 5 aromatic rings. The molecule has 5 rings (SSSR count). The molecule has 0 spiro atoms. The Bertz CT molecular complexity index is 1130. The first-order valence-corrected chi connectivity index (χ1v) is 9.93. The molecule has 2 N–H and O–H groups in total. The van der Waals surface area contributed by atoms with E-state index in [1.165, 1.54) is 22.3 Å². The summed E-state index contributed by atoms with van der Waals surface area (Å²) in [5.41, 5.74) is 7.05. The molecule has 0 saturated heterocycles. The highest BCUT2D eigenvalue weighted by Crippen LogP contribution is 2.17. The maximum atomic E-state index is 3.06. The van der Waals surface area contributed by atoms with E-state index >= 15 is 0 Å². The highest BCUT2D eigenvalue weighted by molar-refractivity contribution is 5.61. The smallest absolute Gasteiger partial charge is 0.211 e. The molecule has 0 fully saturated rings. The van der Waals surface area contributed by atoms with Crippen molar-refractivity contribution in [1.82, 2.24) is 0 Å². The van der Waals surface area contributed by atoms with Crippen LogP contribution in [0.25, 0.3) is 33.6 Å². The fourth-order valence-corrected chi connectivity index (χ4v) is 3.54. The van der Waals surface area contributed by atoms with Gasteiger partial charge in [-0.2, -0.15) is 9.13 Å². The molecule has 0 aliphatic carbocycles. The molecule has 4 aromatic heterocycles. The number of aromatic nitrogens is 4. The van der Waals surface area contributed by atoms with Gasteiger partial charge in [0.2, 0.25) is 11.4 Å². The Hall–Kier alpha value is -4.18. The molecule has 4 heterocycles. The van der Waals surface area contributed by atoms with E-state index in [4.69, 9.17) is 0 Å². The molecule has 1 aromatic carbocycles. The highest BCUT2D eigenvalue weighted by atomic mass is 15.0. The van der Waals surface area contributed by atoms with E-state index in [0.29, 0.717) is 0 Å². The predicted octanol–water partition coefficient (Wildman–Crippen LogP) is 3.20. The van der Waals surface area contributed by atoms with Crippen LogP contribution in [0.4, 0.5) is 0 Å². The first-order chi connectivity index (χ1) is 14.9. The number of benzene rings is 1. The van der Waals surface area contributed by atoms with E-state index in [9.17, 15) is 0 Å². The summed E-state index contributed by atoms with van der Waals surface area (Å²) < 4.78 is 4.26. The topological polar surface area (TPSA) is 36.0 Å². The molecule has 4 heteroatoms. The van der Waals surface area contributed by atoms with E-state index in [2.05, 4.69) is 117 Å². The highest BCUT2D eigenvalue weighted by Gasteiger charge is 2.11. The van der Waals surface area contributed by atoms with E-state index in [0.717, 1.165) is 11.4 Å². The number of nitrogens with one attached hydrogen (secondary N) is 2. The Morgan fingerprint density at radius 2 is 0.667 bits per heavy atom. The molecule has 4 nitrogen and oxygen atoms in total. The van der Waals surface area contributed by atoms with E-state index in [1.807, 2.05) is 24.8 Å². The monoisotopic (exact) mass is 390 g/mol. The molecule has 0 aliphatic rings. The minimum absolute atomic E-state index is 1.13. The van der Waals surface area contributed by atoms with Crippen LogP contribution in [0.1, 0.15) is 0 Å². The Kier molecular flexibility index (Phi) is 4.80. The van der Waals surface area contributed by atoms with Gasteiger partial charge in [-0.3, -0.25) is 0 Å². The second-order valence-corrected chi connectivity index (χ2v) is 7.08. The van der Waals surface area contributed by atoms with Gasteiger partial charge in [0.1, 0.15) is 0 Å². The van der Waals surface area contributed by atoms with Crippen molar-refractivity contribution in [3.8, 4) is 33.6 Å². The number of hydrogen-bond acceptors (Lipinski definition) is 0. The first kappa shape index (κ1) is 17.9. The van der Waals surface area contributed by atoms with Crippen LogP contribution < -0.4 is 19.1 Å². The third-order valence-electron chi connectivity index (χ3n) is 5.21. The van der Waals surface area contributed by atoms with Gasteiger partial charge in [-0.25, -0.2) is 9.97 Å². The minimum atomic E-state index is 1.13. The normalized spacial score (nSPS) is 10.7. The number of H-pyrrole nitrogens is 2. The van der Waals surface area contributed by atoms with Gasteiger partial charge in [0.15, 0.2) is 49.6 Å². The summed E-state index contributed by atoms with van der Waals surface area (Å²) in [5.74, 6) is 0. The molecule has 0 bridgehead atoms. The predicted molar refractivity (Wildman–Crippen MR) is 113 cm³/mol. The van der Waals surface area contributed by atoms with Crippen LogP contribution in [0.5, 0.6) is 0 Å². The standard InChI is InChI=1S/C26H20N4/c1-2-26(30-19-11-24(12-20-30)22-7-15-28-16-8-22)4-3-25(1)29-17-9-23(10-18-29)21-5-13-27-14-6-21/h1-20H/q+2/p+2. The lowest BCUT2D eigenvalue weighted by Gasteiger charge is -2.01. The second kappa shape index (κ2) is 8.05. The Labute approximate surface area is 175 Å². The average Bonchev–Trinajstić information content (AvgIpc) is 2.85. The zero-order valence-corrected chi connectivity index (χ0v) is 16.4. The first-order valence-electron chi connectivity index (χ1n) is 9.93. The molecule has 0 amide bonds. The molecular weight excluding hydrogens is 368 g/mol. The van der Waals surface area contributed by atoms with Gasteiger partial charge in [-0.15, -0.1) is 0 Å². The summed E-state index contributed by atoms with van der Waals surface area (Å²) in [6, 6.07) is 25.4. The summed E-state index contributed by atoms with van der Waals surface area (Å²) in [5, 5.41) is 0. The average molecular weight is 390 g/mol. The molecule has 0 saturated carbocycles. The summed E-state index contributed by atoms with van der Waals surface area (Å²) in [4.78, 5) is 6.12. The van der Waals surface area contributed by atoms with Gasteiger partial charge in [0.25, 0.3) is 0 Å². The van der Waals surface area contributed by atoms with Crippen LogP contribution in [0.15, 0.2) is 122 Å². The third kappa shape index (κ3) is 3.71. The zero-order valence-electron chi connectivity index (χ0n) is 16.4. The number of hydrogen-bond donors (Lipinski definition) is 0. The summed E-state index contributed by atoms with van der Waals surface area (Å²) in [6.07, 6.45) is 16.2. The van der Waals surface area contributed by atoms with Gasteiger partial charge in [-0.1, -0.05) is 0 Å². The zero-order chi connectivity index (χ0) is 20.2. The van der Waals surface area contributed by atoms with Crippen LogP contribution in [0.3, 0.4) is 0 Å². The molecule has 142 valence electrons. The van der Waals surface area contributed by atoms with E-state index in [1.54, 1.807) is 0 Å². The summed E-state index contributed by atoms with van der Waals surface area (Å²) in [6.45, 7) is 0. The summed E-state index contributed by atoms with van der Waals surface area (Å²) >= 11 is 0. The quantitative estimate of drug-likeness (QED) is 0.423. The van der Waals surface area contributed by atoms with Crippen molar-refractivity contribution in [3.63, 3.8) is 0 Å². The van der Waals surface area contributed by atoms with Crippen LogP contribution in [0.2, 0.25) is 0 Å². The lowest BCUT2D eigenvalue weighted by Crippen LogP contribution is -2.31. The number of nitrogens with zero attached hydrogens (tertiary/aromatic N) is 2. The largest absolute Gasteiger partial charge is 0.218 e. The van der Waals surface area contributed by atoms with Crippen molar-refractivity contribution < 1.29 is 19.1 Å². The Balaban J connectivity index is 1.35. The maximum absolute atomic E-state index is 3.06. The Morgan fingerprint density at radius 1 is 0.367 bits per heavy atom. The van der Waals surface area contributed by atoms with Crippen LogP contribution in [-0.2, 0) is 0 Å². The van der Waals surface area contributed by atoms with Crippen molar-refractivity contribution >= 4 is 0 Å². The van der Waals surface area contributed by atoms with Gasteiger partial charge in [0, 0.05) is 72.8 Å². The molecule has 30 heavy (non-hydrogen) atoms. The van der Waals surface area contributed by atoms with Gasteiger partial charge >= 0.3 is 0 Å². The van der Waals surface area contributed by atoms with Crippen molar-refractivity contribution in [2.75, 3.05) is 0 Å². The van der Waals surface area contributed by atoms with Crippen molar-refractivity contribution in [3.05, 3.63) is 122 Å².